The molecule has 0 aliphatic rings. The van der Waals surface area contributed by atoms with Crippen LogP contribution in [0.1, 0.15) is 39.5 Å². The van der Waals surface area contributed by atoms with Gasteiger partial charge < -0.3 is 10.2 Å². The van der Waals surface area contributed by atoms with E-state index < -0.39 is 0 Å². The predicted octanol–water partition coefficient (Wildman–Crippen LogP) is 2.34. The van der Waals surface area contributed by atoms with Crippen LogP contribution in [0.3, 0.4) is 0 Å². The molecule has 0 amide bonds. The summed E-state index contributed by atoms with van der Waals surface area (Å²) in [6.07, 6.45) is 5.84. The fourth-order valence-electron chi connectivity index (χ4n) is 0.729. The van der Waals surface area contributed by atoms with Gasteiger partial charge in [0, 0.05) is 14.2 Å². The van der Waals surface area contributed by atoms with Crippen LogP contribution in [0.2, 0.25) is 8.87 Å². The van der Waals surface area contributed by atoms with Crippen molar-refractivity contribution in [2.75, 3.05) is 14.2 Å². The van der Waals surface area contributed by atoms with Crippen LogP contribution in [-0.4, -0.2) is 45.6 Å². The molecule has 0 saturated heterocycles. The summed E-state index contributed by atoms with van der Waals surface area (Å²) in [4.78, 5) is 0. The van der Waals surface area contributed by atoms with E-state index in [9.17, 15) is 0 Å². The molecular formula is C10H26O2Sn. The molecule has 0 spiro atoms. The van der Waals surface area contributed by atoms with E-state index in [0.717, 1.165) is 14.2 Å². The van der Waals surface area contributed by atoms with Gasteiger partial charge in [-0.15, -0.1) is 0 Å². The molecule has 0 aliphatic carbocycles. The molecule has 0 atom stereocenters. The number of hydrogen-bond acceptors (Lipinski definition) is 2. The van der Waals surface area contributed by atoms with Crippen LogP contribution in [0.15, 0.2) is 0 Å². The number of hydrogen-bond donors (Lipinski definition) is 2. The van der Waals surface area contributed by atoms with E-state index >= 15 is 0 Å². The molecule has 2 nitrogen and oxygen atoms in total. The molecule has 0 aliphatic heterocycles. The fraction of sp³-hybridized carbons (Fsp3) is 1.00. The molecule has 0 rings (SSSR count). The van der Waals surface area contributed by atoms with Gasteiger partial charge in [0.15, 0.2) is 0 Å². The maximum atomic E-state index is 7.00. The van der Waals surface area contributed by atoms with Crippen molar-refractivity contribution in [2.45, 2.75) is 48.4 Å². The van der Waals surface area contributed by atoms with Gasteiger partial charge in [0.05, 0.1) is 0 Å². The summed E-state index contributed by atoms with van der Waals surface area (Å²) in [5.74, 6) is 0. The van der Waals surface area contributed by atoms with Gasteiger partial charge in [-0.05, 0) is 0 Å². The van der Waals surface area contributed by atoms with Crippen LogP contribution in [-0.2, 0) is 0 Å². The Bertz CT molecular complexity index is 46.2. The second kappa shape index (κ2) is 29.3. The number of aliphatic hydroxyl groups excluding tert-OH is 2. The quantitative estimate of drug-likeness (QED) is 0.583. The molecular weight excluding hydrogens is 271 g/mol. The summed E-state index contributed by atoms with van der Waals surface area (Å²) in [5.41, 5.74) is 0. The molecule has 0 fully saturated rings. The van der Waals surface area contributed by atoms with E-state index in [4.69, 9.17) is 10.2 Å². The molecule has 82 valence electrons. The van der Waals surface area contributed by atoms with Gasteiger partial charge in [0.2, 0.25) is 0 Å². The molecule has 0 aromatic carbocycles. The van der Waals surface area contributed by atoms with E-state index in [-0.39, 0.29) is 21.1 Å². The zero-order valence-corrected chi connectivity index (χ0v) is 12.5. The zero-order chi connectivity index (χ0) is 10.9. The first-order valence-corrected chi connectivity index (χ1v) is 9.05. The molecule has 0 unspecified atom stereocenters. The molecule has 3 heteroatoms. The average molecular weight is 297 g/mol. The Morgan fingerprint density at radius 2 is 1.08 bits per heavy atom. The molecule has 0 bridgehead atoms. The van der Waals surface area contributed by atoms with Crippen molar-refractivity contribution in [3.63, 3.8) is 0 Å². The van der Waals surface area contributed by atoms with E-state index in [2.05, 4.69) is 13.8 Å². The van der Waals surface area contributed by atoms with Gasteiger partial charge in [0.1, 0.15) is 0 Å². The van der Waals surface area contributed by atoms with Crippen LogP contribution < -0.4 is 0 Å². The van der Waals surface area contributed by atoms with Crippen molar-refractivity contribution in [1.29, 1.82) is 0 Å². The monoisotopic (exact) mass is 298 g/mol. The third-order valence-corrected chi connectivity index (χ3v) is 5.45. The zero-order valence-electron chi connectivity index (χ0n) is 9.64. The van der Waals surface area contributed by atoms with Gasteiger partial charge in [0.25, 0.3) is 0 Å². The van der Waals surface area contributed by atoms with Crippen molar-refractivity contribution in [1.82, 2.24) is 0 Å². The second-order valence-corrected chi connectivity index (χ2v) is 6.74. The third kappa shape index (κ3) is 32.4. The van der Waals surface area contributed by atoms with Gasteiger partial charge in [-0.1, -0.05) is 0 Å². The SMILES string of the molecule is CCC[CH2][Sn][CH2]CCC.CO.CO. The first-order valence-electron chi connectivity index (χ1n) is 5.02. The van der Waals surface area contributed by atoms with Crippen molar-refractivity contribution >= 4 is 21.1 Å². The maximum absolute atomic E-state index is 7.00. The maximum Gasteiger partial charge on any atom is 0.0319 e. The topological polar surface area (TPSA) is 40.5 Å². The van der Waals surface area contributed by atoms with Gasteiger partial charge in [-0.25, -0.2) is 0 Å². The fourth-order valence-corrected chi connectivity index (χ4v) is 4.89. The predicted molar refractivity (Wildman–Crippen MR) is 61.5 cm³/mol. The molecule has 2 N–H and O–H groups in total. The largest absolute Gasteiger partial charge is 0.400 e. The number of rotatable bonds is 6. The summed E-state index contributed by atoms with van der Waals surface area (Å²) in [7, 11) is 2.00. The average Bonchev–Trinajstić information content (AvgIpc) is 2.24. The van der Waals surface area contributed by atoms with Gasteiger partial charge >= 0.3 is 69.5 Å². The first kappa shape index (κ1) is 19.3. The van der Waals surface area contributed by atoms with Crippen LogP contribution in [0, 0.1) is 0 Å². The Morgan fingerprint density at radius 3 is 1.31 bits per heavy atom. The van der Waals surface area contributed by atoms with Crippen molar-refractivity contribution in [3.05, 3.63) is 0 Å². The van der Waals surface area contributed by atoms with E-state index in [0.29, 0.717) is 0 Å². The minimum atomic E-state index is 0.149. The molecule has 0 saturated carbocycles. The Labute approximate surface area is 94.0 Å². The summed E-state index contributed by atoms with van der Waals surface area (Å²) >= 11 is 0.149. The standard InChI is InChI=1S/2C4H9.2CH4O.Sn/c2*1-3-4-2;2*1-2;/h2*1,3-4H2,2H3;2*2H,1H3;. The summed E-state index contributed by atoms with van der Waals surface area (Å²) in [5, 5.41) is 14.0. The minimum absolute atomic E-state index is 0.149. The number of aliphatic hydroxyl groups is 2. The third-order valence-electron chi connectivity index (χ3n) is 1.41. The van der Waals surface area contributed by atoms with Gasteiger partial charge in [-0.2, -0.15) is 0 Å². The summed E-state index contributed by atoms with van der Waals surface area (Å²) in [6, 6.07) is 0. The molecule has 0 aromatic heterocycles. The van der Waals surface area contributed by atoms with E-state index in [1.807, 2.05) is 0 Å². The van der Waals surface area contributed by atoms with Crippen LogP contribution >= 0.6 is 0 Å². The first-order chi connectivity index (χ1) is 6.41. The second-order valence-electron chi connectivity index (χ2n) is 2.46. The molecule has 13 heavy (non-hydrogen) atoms. The van der Waals surface area contributed by atoms with E-state index in [1.54, 1.807) is 8.87 Å². The molecule has 2 radical (unpaired) electrons. The van der Waals surface area contributed by atoms with Crippen molar-refractivity contribution < 1.29 is 10.2 Å². The summed E-state index contributed by atoms with van der Waals surface area (Å²) < 4.78 is 3.25. The van der Waals surface area contributed by atoms with Crippen LogP contribution in [0.5, 0.6) is 0 Å². The van der Waals surface area contributed by atoms with E-state index in [1.165, 1.54) is 25.7 Å². The van der Waals surface area contributed by atoms with Crippen molar-refractivity contribution in [2.24, 2.45) is 0 Å². The molecule has 0 aromatic rings. The van der Waals surface area contributed by atoms with Crippen LogP contribution in [0.25, 0.3) is 0 Å². The number of unbranched alkanes of at least 4 members (excludes halogenated alkanes) is 2. The Kier molecular flexibility index (Phi) is 43.6. The summed E-state index contributed by atoms with van der Waals surface area (Å²) in [6.45, 7) is 4.58. The van der Waals surface area contributed by atoms with Gasteiger partial charge in [-0.3, -0.25) is 0 Å². The normalized spacial score (nSPS) is 7.85. The Hall–Kier alpha value is 0.719. The smallest absolute Gasteiger partial charge is 0.0319 e. The molecule has 0 heterocycles. The van der Waals surface area contributed by atoms with Crippen molar-refractivity contribution in [3.8, 4) is 0 Å². The minimum Gasteiger partial charge on any atom is -0.400 e. The Balaban J connectivity index is -0.000000218. The Morgan fingerprint density at radius 1 is 0.769 bits per heavy atom. The van der Waals surface area contributed by atoms with Crippen LogP contribution in [0.4, 0.5) is 0 Å².